The molecular weight excluding hydrogens is 307 g/mol. The van der Waals surface area contributed by atoms with E-state index in [1.807, 2.05) is 11.8 Å². The number of benzene rings is 1. The molecule has 3 rings (SSSR count). The highest BCUT2D eigenvalue weighted by atomic mass is 19.1. The number of carbonyl (C=O) groups excluding carboxylic acids is 1. The van der Waals surface area contributed by atoms with E-state index in [4.69, 9.17) is 0 Å². The number of hydrogen-bond donors (Lipinski definition) is 0. The second kappa shape index (κ2) is 7.38. The topological polar surface area (TPSA) is 49.3 Å². The van der Waals surface area contributed by atoms with Crippen LogP contribution < -0.4 is 4.90 Å². The van der Waals surface area contributed by atoms with E-state index < -0.39 is 0 Å². The fraction of sp³-hybridized carbons (Fsp3) is 0.389. The number of halogens is 1. The van der Waals surface area contributed by atoms with E-state index in [1.165, 1.54) is 12.1 Å². The summed E-state index contributed by atoms with van der Waals surface area (Å²) in [5, 5.41) is 0. The van der Waals surface area contributed by atoms with Crippen LogP contribution in [-0.4, -0.2) is 47.0 Å². The third-order valence-electron chi connectivity index (χ3n) is 4.43. The van der Waals surface area contributed by atoms with Gasteiger partial charge in [0.1, 0.15) is 11.6 Å². The van der Waals surface area contributed by atoms with E-state index in [9.17, 15) is 9.18 Å². The molecule has 0 N–H and O–H groups in total. The van der Waals surface area contributed by atoms with Gasteiger partial charge in [-0.25, -0.2) is 9.37 Å². The SMILES string of the molecule is CC(CC(=O)N1CCN(c2cnccn2)CC1)c1ccc(F)cc1. The Morgan fingerprint density at radius 2 is 1.88 bits per heavy atom. The number of aromatic nitrogens is 2. The maximum absolute atomic E-state index is 13.0. The molecular formula is C18H21FN4O. The van der Waals surface area contributed by atoms with Gasteiger partial charge in [-0.2, -0.15) is 0 Å². The Bertz CT molecular complexity index is 669. The van der Waals surface area contributed by atoms with Crippen molar-refractivity contribution in [2.24, 2.45) is 0 Å². The minimum atomic E-state index is -0.252. The average molecular weight is 328 g/mol. The minimum Gasteiger partial charge on any atom is -0.352 e. The van der Waals surface area contributed by atoms with Crippen LogP contribution in [0.3, 0.4) is 0 Å². The summed E-state index contributed by atoms with van der Waals surface area (Å²) in [5.41, 5.74) is 0.989. The van der Waals surface area contributed by atoms with Gasteiger partial charge in [0.2, 0.25) is 5.91 Å². The van der Waals surface area contributed by atoms with E-state index in [0.29, 0.717) is 19.5 Å². The number of piperazine rings is 1. The van der Waals surface area contributed by atoms with Gasteiger partial charge in [0.05, 0.1) is 6.20 Å². The molecule has 1 aromatic heterocycles. The van der Waals surface area contributed by atoms with Gasteiger partial charge in [-0.05, 0) is 23.6 Å². The highest BCUT2D eigenvalue weighted by Crippen LogP contribution is 2.21. The molecule has 1 saturated heterocycles. The lowest BCUT2D eigenvalue weighted by atomic mass is 9.97. The van der Waals surface area contributed by atoms with Gasteiger partial charge in [0.25, 0.3) is 0 Å². The largest absolute Gasteiger partial charge is 0.352 e. The maximum atomic E-state index is 13.0. The van der Waals surface area contributed by atoms with E-state index >= 15 is 0 Å². The standard InChI is InChI=1S/C18H21FN4O/c1-14(15-2-4-16(19)5-3-15)12-18(24)23-10-8-22(9-11-23)17-13-20-6-7-21-17/h2-7,13-14H,8-12H2,1H3. The summed E-state index contributed by atoms with van der Waals surface area (Å²) in [6, 6.07) is 6.38. The van der Waals surface area contributed by atoms with Crippen molar-refractivity contribution in [1.29, 1.82) is 0 Å². The highest BCUT2D eigenvalue weighted by Gasteiger charge is 2.23. The first-order chi connectivity index (χ1) is 11.6. The van der Waals surface area contributed by atoms with Crippen molar-refractivity contribution in [2.75, 3.05) is 31.1 Å². The van der Waals surface area contributed by atoms with Crippen LogP contribution in [0.5, 0.6) is 0 Å². The normalized spacial score (nSPS) is 16.1. The Hall–Kier alpha value is -2.50. The van der Waals surface area contributed by atoms with Crippen molar-refractivity contribution in [3.8, 4) is 0 Å². The Morgan fingerprint density at radius 1 is 1.17 bits per heavy atom. The number of hydrogen-bond acceptors (Lipinski definition) is 4. The van der Waals surface area contributed by atoms with Crippen LogP contribution >= 0.6 is 0 Å². The van der Waals surface area contributed by atoms with Crippen molar-refractivity contribution in [2.45, 2.75) is 19.3 Å². The number of amides is 1. The Labute approximate surface area is 141 Å². The molecule has 0 spiro atoms. The lowest BCUT2D eigenvalue weighted by Crippen LogP contribution is -2.49. The molecule has 5 nitrogen and oxygen atoms in total. The van der Waals surface area contributed by atoms with Gasteiger partial charge < -0.3 is 9.80 Å². The third kappa shape index (κ3) is 3.88. The van der Waals surface area contributed by atoms with Gasteiger partial charge in [-0.15, -0.1) is 0 Å². The predicted molar refractivity (Wildman–Crippen MR) is 90.3 cm³/mol. The molecule has 24 heavy (non-hydrogen) atoms. The smallest absolute Gasteiger partial charge is 0.223 e. The van der Waals surface area contributed by atoms with Gasteiger partial charge in [0.15, 0.2) is 0 Å². The number of anilines is 1. The monoisotopic (exact) mass is 328 g/mol. The molecule has 0 radical (unpaired) electrons. The summed E-state index contributed by atoms with van der Waals surface area (Å²) in [5.74, 6) is 0.823. The van der Waals surface area contributed by atoms with Crippen LogP contribution in [-0.2, 0) is 4.79 Å². The molecule has 1 aromatic carbocycles. The molecule has 0 saturated carbocycles. The van der Waals surface area contributed by atoms with Crippen molar-refractivity contribution in [3.05, 3.63) is 54.2 Å². The molecule has 2 aromatic rings. The zero-order valence-electron chi connectivity index (χ0n) is 13.7. The van der Waals surface area contributed by atoms with Crippen molar-refractivity contribution < 1.29 is 9.18 Å². The number of nitrogens with zero attached hydrogens (tertiary/aromatic N) is 4. The molecule has 2 heterocycles. The number of rotatable bonds is 4. The molecule has 0 aliphatic carbocycles. The van der Waals surface area contributed by atoms with Crippen LogP contribution in [0.15, 0.2) is 42.9 Å². The zero-order valence-corrected chi connectivity index (χ0v) is 13.7. The van der Waals surface area contributed by atoms with Crippen LogP contribution in [0, 0.1) is 5.82 Å². The highest BCUT2D eigenvalue weighted by molar-refractivity contribution is 5.77. The van der Waals surface area contributed by atoms with E-state index in [1.54, 1.807) is 30.7 Å². The average Bonchev–Trinajstić information content (AvgIpc) is 2.63. The quantitative estimate of drug-likeness (QED) is 0.865. The zero-order chi connectivity index (χ0) is 16.9. The summed E-state index contributed by atoms with van der Waals surface area (Å²) in [7, 11) is 0. The maximum Gasteiger partial charge on any atom is 0.223 e. The first-order valence-electron chi connectivity index (χ1n) is 8.17. The summed E-state index contributed by atoms with van der Waals surface area (Å²) in [4.78, 5) is 24.9. The van der Waals surface area contributed by atoms with Crippen molar-refractivity contribution in [3.63, 3.8) is 0 Å². The molecule has 1 unspecified atom stereocenters. The first kappa shape index (κ1) is 16.4. The molecule has 1 aliphatic rings. The van der Waals surface area contributed by atoms with Gasteiger partial charge in [-0.1, -0.05) is 19.1 Å². The summed E-state index contributed by atoms with van der Waals surface area (Å²) in [6.45, 7) is 4.89. The fourth-order valence-corrected chi connectivity index (χ4v) is 2.94. The molecule has 1 atom stereocenters. The van der Waals surface area contributed by atoms with E-state index in [2.05, 4.69) is 14.9 Å². The van der Waals surface area contributed by atoms with Gasteiger partial charge in [-0.3, -0.25) is 9.78 Å². The molecule has 0 bridgehead atoms. The van der Waals surface area contributed by atoms with Crippen LogP contribution in [0.4, 0.5) is 10.2 Å². The lowest BCUT2D eigenvalue weighted by molar-refractivity contribution is -0.131. The van der Waals surface area contributed by atoms with E-state index in [0.717, 1.165) is 24.5 Å². The van der Waals surface area contributed by atoms with Crippen LogP contribution in [0.25, 0.3) is 0 Å². The molecule has 1 amide bonds. The predicted octanol–water partition coefficient (Wildman–Crippen LogP) is 2.46. The fourth-order valence-electron chi connectivity index (χ4n) is 2.94. The second-order valence-electron chi connectivity index (χ2n) is 6.09. The Morgan fingerprint density at radius 3 is 2.50 bits per heavy atom. The molecule has 6 heteroatoms. The second-order valence-corrected chi connectivity index (χ2v) is 6.09. The Kier molecular flexibility index (Phi) is 5.03. The molecule has 1 fully saturated rings. The van der Waals surface area contributed by atoms with Crippen LogP contribution in [0.2, 0.25) is 0 Å². The first-order valence-corrected chi connectivity index (χ1v) is 8.17. The summed E-state index contributed by atoms with van der Waals surface area (Å²) >= 11 is 0. The van der Waals surface area contributed by atoms with Gasteiger partial charge in [0, 0.05) is 45.0 Å². The Balaban J connectivity index is 1.52. The van der Waals surface area contributed by atoms with Crippen molar-refractivity contribution >= 4 is 11.7 Å². The van der Waals surface area contributed by atoms with Gasteiger partial charge >= 0.3 is 0 Å². The number of carbonyl (C=O) groups is 1. The van der Waals surface area contributed by atoms with Crippen LogP contribution in [0.1, 0.15) is 24.8 Å². The lowest BCUT2D eigenvalue weighted by Gasteiger charge is -2.35. The van der Waals surface area contributed by atoms with Crippen molar-refractivity contribution in [1.82, 2.24) is 14.9 Å². The minimum absolute atomic E-state index is 0.0797. The molecule has 126 valence electrons. The summed E-state index contributed by atoms with van der Waals surface area (Å²) in [6.07, 6.45) is 5.52. The van der Waals surface area contributed by atoms with E-state index in [-0.39, 0.29) is 17.6 Å². The molecule has 1 aliphatic heterocycles. The summed E-state index contributed by atoms with van der Waals surface area (Å²) < 4.78 is 13.0. The third-order valence-corrected chi connectivity index (χ3v) is 4.43.